The highest BCUT2D eigenvalue weighted by atomic mass is 15.0. The van der Waals surface area contributed by atoms with E-state index < -0.39 is 0 Å². The molecule has 76 valence electrons. The molecule has 0 heterocycles. The van der Waals surface area contributed by atoms with Crippen molar-refractivity contribution in [2.24, 2.45) is 5.73 Å². The van der Waals surface area contributed by atoms with E-state index in [-0.39, 0.29) is 0 Å². The zero-order valence-electron chi connectivity index (χ0n) is 9.33. The van der Waals surface area contributed by atoms with Crippen molar-refractivity contribution in [3.05, 3.63) is 41.1 Å². The van der Waals surface area contributed by atoms with Gasteiger partial charge < -0.3 is 10.6 Å². The standard InChI is InChI=1S/C12H18N2/c1-9-6-5-7-10(2)12(9)11(13)8-14(3)4/h5-8H,13H2,1-4H3/b11-8-. The van der Waals surface area contributed by atoms with Crippen LogP contribution in [0.15, 0.2) is 24.4 Å². The van der Waals surface area contributed by atoms with Gasteiger partial charge in [0, 0.05) is 25.9 Å². The molecule has 0 saturated heterocycles. The van der Waals surface area contributed by atoms with Crippen LogP contribution in [0.4, 0.5) is 0 Å². The minimum atomic E-state index is 0.825. The Bertz CT molecular complexity index is 331. The van der Waals surface area contributed by atoms with Gasteiger partial charge in [-0.3, -0.25) is 0 Å². The van der Waals surface area contributed by atoms with Gasteiger partial charge in [-0.25, -0.2) is 0 Å². The Labute approximate surface area is 86.0 Å². The van der Waals surface area contributed by atoms with Gasteiger partial charge in [0.25, 0.3) is 0 Å². The number of benzene rings is 1. The van der Waals surface area contributed by atoms with Gasteiger partial charge in [0.2, 0.25) is 0 Å². The van der Waals surface area contributed by atoms with Gasteiger partial charge in [-0.2, -0.15) is 0 Å². The Balaban J connectivity index is 3.18. The summed E-state index contributed by atoms with van der Waals surface area (Å²) in [6.07, 6.45) is 1.94. The van der Waals surface area contributed by atoms with Crippen LogP contribution < -0.4 is 5.73 Å². The predicted molar refractivity (Wildman–Crippen MR) is 61.8 cm³/mol. The third-order valence-corrected chi connectivity index (χ3v) is 2.17. The fourth-order valence-electron chi connectivity index (χ4n) is 1.61. The summed E-state index contributed by atoms with van der Waals surface area (Å²) in [6.45, 7) is 4.16. The Morgan fingerprint density at radius 3 is 2.14 bits per heavy atom. The summed E-state index contributed by atoms with van der Waals surface area (Å²) in [7, 11) is 3.95. The Morgan fingerprint density at radius 2 is 1.71 bits per heavy atom. The van der Waals surface area contributed by atoms with Crippen LogP contribution in [0.3, 0.4) is 0 Å². The number of nitrogens with two attached hydrogens (primary N) is 1. The maximum atomic E-state index is 6.02. The van der Waals surface area contributed by atoms with E-state index in [9.17, 15) is 0 Å². The topological polar surface area (TPSA) is 29.3 Å². The second-order valence-electron chi connectivity index (χ2n) is 3.81. The van der Waals surface area contributed by atoms with Crippen LogP contribution in [0, 0.1) is 13.8 Å². The molecule has 0 aliphatic rings. The molecule has 1 aromatic carbocycles. The lowest BCUT2D eigenvalue weighted by molar-refractivity contribution is 0.565. The van der Waals surface area contributed by atoms with Gasteiger partial charge in [0.1, 0.15) is 0 Å². The quantitative estimate of drug-likeness (QED) is 0.774. The van der Waals surface area contributed by atoms with Crippen molar-refractivity contribution in [3.63, 3.8) is 0 Å². The van der Waals surface area contributed by atoms with Gasteiger partial charge >= 0.3 is 0 Å². The van der Waals surface area contributed by atoms with E-state index >= 15 is 0 Å². The van der Waals surface area contributed by atoms with E-state index in [0.717, 1.165) is 11.3 Å². The minimum absolute atomic E-state index is 0.825. The highest BCUT2D eigenvalue weighted by molar-refractivity contribution is 5.67. The Kier molecular flexibility index (Phi) is 3.18. The van der Waals surface area contributed by atoms with Crippen molar-refractivity contribution in [2.75, 3.05) is 14.1 Å². The van der Waals surface area contributed by atoms with E-state index in [1.54, 1.807) is 0 Å². The van der Waals surface area contributed by atoms with Crippen molar-refractivity contribution in [1.29, 1.82) is 0 Å². The minimum Gasteiger partial charge on any atom is -0.397 e. The van der Waals surface area contributed by atoms with Crippen LogP contribution in [-0.2, 0) is 0 Å². The zero-order chi connectivity index (χ0) is 10.7. The Morgan fingerprint density at radius 1 is 1.21 bits per heavy atom. The van der Waals surface area contributed by atoms with Crippen molar-refractivity contribution in [1.82, 2.24) is 4.90 Å². The number of hydrogen-bond donors (Lipinski definition) is 1. The van der Waals surface area contributed by atoms with Gasteiger partial charge in [0.15, 0.2) is 0 Å². The SMILES string of the molecule is Cc1cccc(C)c1/C(N)=C/N(C)C. The maximum absolute atomic E-state index is 6.02. The maximum Gasteiger partial charge on any atom is 0.0554 e. The molecule has 1 aromatic rings. The van der Waals surface area contributed by atoms with E-state index in [1.165, 1.54) is 11.1 Å². The largest absolute Gasteiger partial charge is 0.397 e. The third-order valence-electron chi connectivity index (χ3n) is 2.17. The van der Waals surface area contributed by atoms with E-state index in [1.807, 2.05) is 25.2 Å². The van der Waals surface area contributed by atoms with Crippen molar-refractivity contribution in [2.45, 2.75) is 13.8 Å². The Hall–Kier alpha value is -1.44. The summed E-state index contributed by atoms with van der Waals surface area (Å²) < 4.78 is 0. The first-order chi connectivity index (χ1) is 6.52. The van der Waals surface area contributed by atoms with Crippen molar-refractivity contribution < 1.29 is 0 Å². The first kappa shape index (κ1) is 10.6. The first-order valence-corrected chi connectivity index (χ1v) is 4.72. The lowest BCUT2D eigenvalue weighted by Gasteiger charge is -2.12. The molecule has 0 fully saturated rings. The highest BCUT2D eigenvalue weighted by Crippen LogP contribution is 2.19. The fourth-order valence-corrected chi connectivity index (χ4v) is 1.61. The van der Waals surface area contributed by atoms with Crippen molar-refractivity contribution >= 4 is 5.70 Å². The normalized spacial score (nSPS) is 11.6. The van der Waals surface area contributed by atoms with E-state index in [4.69, 9.17) is 5.73 Å². The first-order valence-electron chi connectivity index (χ1n) is 4.72. The van der Waals surface area contributed by atoms with Crippen LogP contribution in [0.2, 0.25) is 0 Å². The predicted octanol–water partition coefficient (Wildman–Crippen LogP) is 2.12. The monoisotopic (exact) mass is 190 g/mol. The summed E-state index contributed by atoms with van der Waals surface area (Å²) in [4.78, 5) is 1.96. The molecule has 0 unspecified atom stereocenters. The van der Waals surface area contributed by atoms with E-state index in [2.05, 4.69) is 32.0 Å². The molecule has 0 aliphatic carbocycles. The van der Waals surface area contributed by atoms with Gasteiger partial charge in [-0.15, -0.1) is 0 Å². The highest BCUT2D eigenvalue weighted by Gasteiger charge is 2.04. The second kappa shape index (κ2) is 4.18. The second-order valence-corrected chi connectivity index (χ2v) is 3.81. The lowest BCUT2D eigenvalue weighted by Crippen LogP contribution is -2.08. The number of nitrogens with zero attached hydrogens (tertiary/aromatic N) is 1. The van der Waals surface area contributed by atoms with Crippen molar-refractivity contribution in [3.8, 4) is 0 Å². The summed E-state index contributed by atoms with van der Waals surface area (Å²) in [5, 5.41) is 0. The molecule has 0 radical (unpaired) electrons. The van der Waals surface area contributed by atoms with Crippen LogP contribution in [0.1, 0.15) is 16.7 Å². The van der Waals surface area contributed by atoms with Crippen LogP contribution >= 0.6 is 0 Å². The molecule has 1 rings (SSSR count). The number of hydrogen-bond acceptors (Lipinski definition) is 2. The molecule has 0 bridgehead atoms. The molecular formula is C12H18N2. The average Bonchev–Trinajstić information content (AvgIpc) is 2.01. The molecule has 2 nitrogen and oxygen atoms in total. The molecule has 0 spiro atoms. The van der Waals surface area contributed by atoms with Gasteiger partial charge in [-0.1, -0.05) is 18.2 Å². The van der Waals surface area contributed by atoms with E-state index in [0.29, 0.717) is 0 Å². The lowest BCUT2D eigenvalue weighted by atomic mass is 10.0. The summed E-state index contributed by atoms with van der Waals surface area (Å²) in [6, 6.07) is 6.22. The molecule has 0 saturated carbocycles. The van der Waals surface area contributed by atoms with Gasteiger partial charge in [0.05, 0.1) is 5.70 Å². The van der Waals surface area contributed by atoms with Crippen LogP contribution in [-0.4, -0.2) is 19.0 Å². The molecule has 0 aromatic heterocycles. The number of rotatable bonds is 2. The molecule has 2 heteroatoms. The molecule has 0 atom stereocenters. The molecule has 0 aliphatic heterocycles. The smallest absolute Gasteiger partial charge is 0.0554 e. The molecule has 0 amide bonds. The average molecular weight is 190 g/mol. The van der Waals surface area contributed by atoms with Gasteiger partial charge in [-0.05, 0) is 25.0 Å². The van der Waals surface area contributed by atoms with Crippen LogP contribution in [0.25, 0.3) is 5.70 Å². The molecular weight excluding hydrogens is 172 g/mol. The third kappa shape index (κ3) is 2.28. The fraction of sp³-hybridized carbons (Fsp3) is 0.333. The number of aryl methyl sites for hydroxylation is 2. The summed E-state index contributed by atoms with van der Waals surface area (Å²) >= 11 is 0. The molecule has 14 heavy (non-hydrogen) atoms. The summed E-state index contributed by atoms with van der Waals surface area (Å²) in [5.74, 6) is 0. The molecule has 2 N–H and O–H groups in total. The zero-order valence-corrected chi connectivity index (χ0v) is 9.33. The van der Waals surface area contributed by atoms with Crippen LogP contribution in [0.5, 0.6) is 0 Å². The summed E-state index contributed by atoms with van der Waals surface area (Å²) in [5.41, 5.74) is 10.4.